The largest absolute Gasteiger partial charge is 0.494 e. The van der Waals surface area contributed by atoms with Crippen LogP contribution < -0.4 is 10.1 Å². The van der Waals surface area contributed by atoms with Gasteiger partial charge in [-0.1, -0.05) is 36.4 Å². The van der Waals surface area contributed by atoms with Crippen LogP contribution in [0.5, 0.6) is 5.75 Å². The van der Waals surface area contributed by atoms with Gasteiger partial charge < -0.3 is 10.1 Å². The van der Waals surface area contributed by atoms with Crippen molar-refractivity contribution in [1.82, 2.24) is 15.3 Å². The van der Waals surface area contributed by atoms with Crippen LogP contribution in [0.3, 0.4) is 0 Å². The molecule has 6 heteroatoms. The molecule has 2 aromatic carbocycles. The second-order valence-electron chi connectivity index (χ2n) is 6.60. The van der Waals surface area contributed by atoms with Crippen LogP contribution in [-0.2, 0) is 11.3 Å². The number of aromatic nitrogens is 2. The highest BCUT2D eigenvalue weighted by molar-refractivity contribution is 7.13. The van der Waals surface area contributed by atoms with Crippen LogP contribution in [0, 0.1) is 0 Å². The maximum atomic E-state index is 12.1. The topological polar surface area (TPSA) is 64.1 Å². The Balaban J connectivity index is 1.19. The third kappa shape index (κ3) is 5.18. The summed E-state index contributed by atoms with van der Waals surface area (Å²) in [7, 11) is 0. The van der Waals surface area contributed by atoms with Crippen LogP contribution in [0.25, 0.3) is 21.5 Å². The first-order chi connectivity index (χ1) is 14.3. The highest BCUT2D eigenvalue weighted by Crippen LogP contribution is 2.22. The number of carbonyl (C=O) groups is 1. The maximum absolute atomic E-state index is 12.1. The predicted octanol–water partition coefficient (Wildman–Crippen LogP) is 4.83. The molecule has 0 saturated heterocycles. The van der Waals surface area contributed by atoms with Crippen molar-refractivity contribution < 1.29 is 9.53 Å². The van der Waals surface area contributed by atoms with E-state index in [4.69, 9.17) is 4.74 Å². The fourth-order valence-corrected chi connectivity index (χ4v) is 3.75. The number of hydrogen-bond acceptors (Lipinski definition) is 5. The molecule has 0 saturated carbocycles. The molecule has 0 bridgehead atoms. The van der Waals surface area contributed by atoms with E-state index in [9.17, 15) is 4.79 Å². The number of rotatable bonds is 8. The first kappa shape index (κ1) is 19.1. The number of fused-ring (bicyclic) bond motifs is 1. The average Bonchev–Trinajstić information content (AvgIpc) is 3.25. The lowest BCUT2D eigenvalue weighted by Crippen LogP contribution is -2.23. The summed E-state index contributed by atoms with van der Waals surface area (Å²) in [6, 6.07) is 19.9. The molecule has 0 fully saturated rings. The fourth-order valence-electron chi connectivity index (χ4n) is 2.95. The van der Waals surface area contributed by atoms with Crippen LogP contribution in [0.4, 0.5) is 0 Å². The molecule has 146 valence electrons. The molecule has 0 aliphatic carbocycles. The Kier molecular flexibility index (Phi) is 6.12. The minimum absolute atomic E-state index is 0.000465. The van der Waals surface area contributed by atoms with Crippen molar-refractivity contribution in [3.8, 4) is 16.5 Å². The Bertz CT molecular complexity index is 1100. The van der Waals surface area contributed by atoms with Crippen molar-refractivity contribution in [1.29, 1.82) is 0 Å². The summed E-state index contributed by atoms with van der Waals surface area (Å²) >= 11 is 1.53. The van der Waals surface area contributed by atoms with Gasteiger partial charge in [0, 0.05) is 18.0 Å². The van der Waals surface area contributed by atoms with Gasteiger partial charge in [0.1, 0.15) is 10.8 Å². The Morgan fingerprint density at radius 3 is 2.76 bits per heavy atom. The zero-order valence-corrected chi connectivity index (χ0v) is 16.7. The summed E-state index contributed by atoms with van der Waals surface area (Å²) in [5, 5.41) is 8.06. The molecule has 2 aromatic heterocycles. The van der Waals surface area contributed by atoms with Gasteiger partial charge in [-0.15, -0.1) is 11.3 Å². The first-order valence-corrected chi connectivity index (χ1v) is 10.4. The summed E-state index contributed by atoms with van der Waals surface area (Å²) in [6.45, 7) is 0.931. The molecule has 0 atom stereocenters. The number of hydrogen-bond donors (Lipinski definition) is 1. The lowest BCUT2D eigenvalue weighted by molar-refractivity contribution is -0.121. The minimum atomic E-state index is -0.000465. The molecule has 1 N–H and O–H groups in total. The van der Waals surface area contributed by atoms with Crippen molar-refractivity contribution in [3.63, 3.8) is 0 Å². The summed E-state index contributed by atoms with van der Waals surface area (Å²) in [4.78, 5) is 20.9. The Morgan fingerprint density at radius 2 is 1.90 bits per heavy atom. The molecule has 1 amide bonds. The van der Waals surface area contributed by atoms with E-state index in [2.05, 4.69) is 27.4 Å². The number of nitrogens with one attached hydrogen (secondary N) is 1. The zero-order valence-electron chi connectivity index (χ0n) is 15.9. The SMILES string of the molecule is O=C(CCCOc1ccc2ccccc2c1)NCc1csc(-c2ccccn2)n1. The number of ether oxygens (including phenoxy) is 1. The maximum Gasteiger partial charge on any atom is 0.220 e. The fraction of sp³-hybridized carbons (Fsp3) is 0.174. The van der Waals surface area contributed by atoms with Crippen LogP contribution in [0.1, 0.15) is 18.5 Å². The van der Waals surface area contributed by atoms with Crippen LogP contribution in [0.2, 0.25) is 0 Å². The molecule has 4 rings (SSSR count). The van der Waals surface area contributed by atoms with Gasteiger partial charge in [0.2, 0.25) is 5.91 Å². The minimum Gasteiger partial charge on any atom is -0.494 e. The van der Waals surface area contributed by atoms with E-state index in [1.165, 1.54) is 16.7 Å². The van der Waals surface area contributed by atoms with Crippen LogP contribution in [-0.4, -0.2) is 22.5 Å². The van der Waals surface area contributed by atoms with Gasteiger partial charge in [-0.05, 0) is 41.5 Å². The van der Waals surface area contributed by atoms with Gasteiger partial charge >= 0.3 is 0 Å². The summed E-state index contributed by atoms with van der Waals surface area (Å²) in [5.74, 6) is 0.827. The lowest BCUT2D eigenvalue weighted by atomic mass is 10.1. The first-order valence-electron chi connectivity index (χ1n) is 9.52. The standard InChI is InChI=1S/C23H21N3O2S/c27-22(25-15-19-16-29-23(26-19)21-8-3-4-12-24-21)9-5-13-28-20-11-10-17-6-1-2-7-18(17)14-20/h1-4,6-8,10-12,14,16H,5,9,13,15H2,(H,25,27). The third-order valence-electron chi connectivity index (χ3n) is 4.44. The molecule has 29 heavy (non-hydrogen) atoms. The van der Waals surface area contributed by atoms with E-state index in [0.717, 1.165) is 27.5 Å². The van der Waals surface area contributed by atoms with Crippen molar-refractivity contribution in [3.05, 3.63) is 77.9 Å². The molecule has 2 heterocycles. The summed E-state index contributed by atoms with van der Waals surface area (Å²) in [6.07, 6.45) is 2.83. The second kappa shape index (κ2) is 9.30. The molecule has 0 aliphatic heterocycles. The van der Waals surface area contributed by atoms with Crippen molar-refractivity contribution in [2.75, 3.05) is 6.61 Å². The van der Waals surface area contributed by atoms with Crippen molar-refractivity contribution in [2.24, 2.45) is 0 Å². The second-order valence-corrected chi connectivity index (χ2v) is 7.45. The molecule has 0 spiro atoms. The third-order valence-corrected chi connectivity index (χ3v) is 5.35. The van der Waals surface area contributed by atoms with E-state index < -0.39 is 0 Å². The number of benzene rings is 2. The van der Waals surface area contributed by atoms with E-state index in [-0.39, 0.29) is 5.91 Å². The normalized spacial score (nSPS) is 10.8. The van der Waals surface area contributed by atoms with Gasteiger partial charge in [-0.2, -0.15) is 0 Å². The average molecular weight is 404 g/mol. The van der Waals surface area contributed by atoms with E-state index >= 15 is 0 Å². The lowest BCUT2D eigenvalue weighted by Gasteiger charge is -2.07. The summed E-state index contributed by atoms with van der Waals surface area (Å²) in [5.41, 5.74) is 1.69. The molecular weight excluding hydrogens is 382 g/mol. The van der Waals surface area contributed by atoms with E-state index in [1.807, 2.05) is 53.9 Å². The Hall–Kier alpha value is -3.25. The van der Waals surface area contributed by atoms with Crippen molar-refractivity contribution >= 4 is 28.0 Å². The number of pyridine rings is 1. The molecule has 0 unspecified atom stereocenters. The number of amides is 1. The molecule has 0 aliphatic rings. The molecule has 5 nitrogen and oxygen atoms in total. The molecule has 4 aromatic rings. The van der Waals surface area contributed by atoms with E-state index in [0.29, 0.717) is 26.0 Å². The van der Waals surface area contributed by atoms with Crippen LogP contribution >= 0.6 is 11.3 Å². The smallest absolute Gasteiger partial charge is 0.220 e. The van der Waals surface area contributed by atoms with Gasteiger partial charge in [-0.3, -0.25) is 9.78 Å². The van der Waals surface area contributed by atoms with Gasteiger partial charge in [-0.25, -0.2) is 4.98 Å². The highest BCUT2D eigenvalue weighted by Gasteiger charge is 2.07. The highest BCUT2D eigenvalue weighted by atomic mass is 32.1. The monoisotopic (exact) mass is 403 g/mol. The Morgan fingerprint density at radius 1 is 1.03 bits per heavy atom. The van der Waals surface area contributed by atoms with Gasteiger partial charge in [0.15, 0.2) is 0 Å². The summed E-state index contributed by atoms with van der Waals surface area (Å²) < 4.78 is 5.78. The number of carbonyl (C=O) groups excluding carboxylic acids is 1. The predicted molar refractivity (Wildman–Crippen MR) is 116 cm³/mol. The molecule has 0 radical (unpaired) electrons. The zero-order chi connectivity index (χ0) is 19.9. The number of thiazole rings is 1. The van der Waals surface area contributed by atoms with Gasteiger partial charge in [0.25, 0.3) is 0 Å². The molecular formula is C23H21N3O2S. The van der Waals surface area contributed by atoms with E-state index in [1.54, 1.807) is 6.20 Å². The van der Waals surface area contributed by atoms with Crippen molar-refractivity contribution in [2.45, 2.75) is 19.4 Å². The number of nitrogens with zero attached hydrogens (tertiary/aromatic N) is 2. The Labute approximate surface area is 173 Å². The van der Waals surface area contributed by atoms with Crippen LogP contribution in [0.15, 0.2) is 72.2 Å². The van der Waals surface area contributed by atoms with Gasteiger partial charge in [0.05, 0.1) is 24.5 Å². The quantitative estimate of drug-likeness (QED) is 0.428.